The number of hydrogen-bond acceptors (Lipinski definition) is 4. The second-order valence-electron chi connectivity index (χ2n) is 7.66. The summed E-state index contributed by atoms with van der Waals surface area (Å²) in [5.74, 6) is -0.770. The van der Waals surface area contributed by atoms with E-state index >= 15 is 0 Å². The van der Waals surface area contributed by atoms with Crippen molar-refractivity contribution in [2.45, 2.75) is 19.4 Å². The number of aromatic amines is 1. The standard InChI is InChI=1S/C23H19ClN4O3/c24-15-7-5-14(6-8-15)21-18-13-27(11-9-19(18)25-26-21)20(29)10-12-28-22(30)16-3-1-2-4-17(16)23(28)31/h1-8H,9-13H2,(H,25,26). The first-order valence-electron chi connectivity index (χ1n) is 10.1. The summed E-state index contributed by atoms with van der Waals surface area (Å²) in [7, 11) is 0. The number of carbonyl (C=O) groups excluding carboxylic acids is 3. The molecular weight excluding hydrogens is 416 g/mol. The highest BCUT2D eigenvalue weighted by Gasteiger charge is 2.35. The molecule has 0 spiro atoms. The molecule has 3 heterocycles. The van der Waals surface area contributed by atoms with E-state index in [0.717, 1.165) is 27.4 Å². The van der Waals surface area contributed by atoms with Gasteiger partial charge < -0.3 is 4.90 Å². The topological polar surface area (TPSA) is 86.4 Å². The van der Waals surface area contributed by atoms with Crippen molar-refractivity contribution in [2.75, 3.05) is 13.1 Å². The van der Waals surface area contributed by atoms with Crippen molar-refractivity contribution in [3.05, 3.63) is 75.9 Å². The summed E-state index contributed by atoms with van der Waals surface area (Å²) in [6.45, 7) is 1.07. The second-order valence-corrected chi connectivity index (χ2v) is 8.10. The Morgan fingerprint density at radius 3 is 2.39 bits per heavy atom. The third-order valence-corrected chi connectivity index (χ3v) is 6.08. The zero-order valence-electron chi connectivity index (χ0n) is 16.6. The summed E-state index contributed by atoms with van der Waals surface area (Å²) < 4.78 is 0. The van der Waals surface area contributed by atoms with Crippen LogP contribution in [0.25, 0.3) is 11.3 Å². The van der Waals surface area contributed by atoms with Gasteiger partial charge in [0.15, 0.2) is 0 Å². The molecule has 3 amide bonds. The van der Waals surface area contributed by atoms with Crippen molar-refractivity contribution in [3.63, 3.8) is 0 Å². The van der Waals surface area contributed by atoms with E-state index in [1.165, 1.54) is 0 Å². The van der Waals surface area contributed by atoms with Crippen LogP contribution in [0.15, 0.2) is 48.5 Å². The molecule has 0 unspecified atom stereocenters. The third kappa shape index (κ3) is 3.41. The summed E-state index contributed by atoms with van der Waals surface area (Å²) in [6, 6.07) is 14.2. The largest absolute Gasteiger partial charge is 0.338 e. The molecule has 0 atom stereocenters. The van der Waals surface area contributed by atoms with Gasteiger partial charge in [-0.1, -0.05) is 35.9 Å². The van der Waals surface area contributed by atoms with Gasteiger partial charge in [0.05, 0.1) is 16.8 Å². The van der Waals surface area contributed by atoms with Gasteiger partial charge in [0.25, 0.3) is 11.8 Å². The molecule has 2 aromatic carbocycles. The fourth-order valence-electron chi connectivity index (χ4n) is 4.16. The predicted molar refractivity (Wildman–Crippen MR) is 115 cm³/mol. The zero-order valence-corrected chi connectivity index (χ0v) is 17.4. The van der Waals surface area contributed by atoms with Crippen LogP contribution in [0.2, 0.25) is 5.02 Å². The number of H-pyrrole nitrogens is 1. The maximum atomic E-state index is 12.9. The van der Waals surface area contributed by atoms with Crippen molar-refractivity contribution in [3.8, 4) is 11.3 Å². The van der Waals surface area contributed by atoms with Crippen LogP contribution in [0.5, 0.6) is 0 Å². The minimum atomic E-state index is -0.339. The summed E-state index contributed by atoms with van der Waals surface area (Å²) in [5.41, 5.74) is 4.55. The van der Waals surface area contributed by atoms with Crippen molar-refractivity contribution in [1.82, 2.24) is 20.0 Å². The molecule has 156 valence electrons. The Labute approximate surface area is 183 Å². The lowest BCUT2D eigenvalue weighted by Gasteiger charge is -2.28. The molecule has 2 aliphatic heterocycles. The molecule has 7 nitrogen and oxygen atoms in total. The molecule has 31 heavy (non-hydrogen) atoms. The van der Waals surface area contributed by atoms with E-state index in [1.807, 2.05) is 24.3 Å². The van der Waals surface area contributed by atoms with E-state index in [9.17, 15) is 14.4 Å². The Morgan fingerprint density at radius 1 is 1.03 bits per heavy atom. The number of nitrogens with one attached hydrogen (secondary N) is 1. The molecule has 0 radical (unpaired) electrons. The Hall–Kier alpha value is -3.45. The fourth-order valence-corrected chi connectivity index (χ4v) is 4.29. The lowest BCUT2D eigenvalue weighted by atomic mass is 10.0. The summed E-state index contributed by atoms with van der Waals surface area (Å²) in [6.07, 6.45) is 0.767. The second kappa shape index (κ2) is 7.67. The summed E-state index contributed by atoms with van der Waals surface area (Å²) >= 11 is 5.99. The lowest BCUT2D eigenvalue weighted by Crippen LogP contribution is -2.39. The Kier molecular flexibility index (Phi) is 4.82. The molecule has 0 saturated heterocycles. The van der Waals surface area contributed by atoms with Crippen LogP contribution in [0.1, 0.15) is 38.4 Å². The first-order valence-corrected chi connectivity index (χ1v) is 10.5. The maximum Gasteiger partial charge on any atom is 0.261 e. The monoisotopic (exact) mass is 434 g/mol. The number of aromatic nitrogens is 2. The van der Waals surface area contributed by atoms with Crippen molar-refractivity contribution < 1.29 is 14.4 Å². The number of benzene rings is 2. The van der Waals surface area contributed by atoms with Gasteiger partial charge in [0, 0.05) is 54.3 Å². The Bertz CT molecular complexity index is 1170. The highest BCUT2D eigenvalue weighted by molar-refractivity contribution is 6.30. The van der Waals surface area contributed by atoms with Crippen molar-refractivity contribution in [1.29, 1.82) is 0 Å². The number of halogens is 1. The van der Waals surface area contributed by atoms with Crippen LogP contribution in [0, 0.1) is 0 Å². The van der Waals surface area contributed by atoms with Crippen molar-refractivity contribution in [2.24, 2.45) is 0 Å². The number of hydrogen-bond donors (Lipinski definition) is 1. The van der Waals surface area contributed by atoms with Gasteiger partial charge in [-0.25, -0.2) is 0 Å². The third-order valence-electron chi connectivity index (χ3n) is 5.83. The van der Waals surface area contributed by atoms with Crippen LogP contribution in [0.3, 0.4) is 0 Å². The van der Waals surface area contributed by atoms with Crippen molar-refractivity contribution >= 4 is 29.3 Å². The predicted octanol–water partition coefficient (Wildman–Crippen LogP) is 3.30. The van der Waals surface area contributed by atoms with E-state index in [1.54, 1.807) is 29.2 Å². The van der Waals surface area contributed by atoms with Crippen LogP contribution in [-0.2, 0) is 17.8 Å². The minimum Gasteiger partial charge on any atom is -0.338 e. The number of nitrogens with zero attached hydrogens (tertiary/aromatic N) is 3. The first kappa shape index (κ1) is 19.5. The van der Waals surface area contributed by atoms with Gasteiger partial charge in [-0.15, -0.1) is 0 Å². The Morgan fingerprint density at radius 2 is 1.71 bits per heavy atom. The molecule has 0 aliphatic carbocycles. The van der Waals surface area contributed by atoms with Gasteiger partial charge in [-0.3, -0.25) is 24.4 Å². The van der Waals surface area contributed by atoms with Gasteiger partial charge in [-0.2, -0.15) is 5.10 Å². The molecule has 0 saturated carbocycles. The molecule has 5 rings (SSSR count). The highest BCUT2D eigenvalue weighted by atomic mass is 35.5. The summed E-state index contributed by atoms with van der Waals surface area (Å²) in [5, 5.41) is 8.17. The average molecular weight is 435 g/mol. The highest BCUT2D eigenvalue weighted by Crippen LogP contribution is 2.29. The number of rotatable bonds is 4. The fraction of sp³-hybridized carbons (Fsp3) is 0.217. The Balaban J connectivity index is 1.28. The zero-order chi connectivity index (χ0) is 21.5. The van der Waals surface area contributed by atoms with E-state index in [-0.39, 0.29) is 30.7 Å². The molecule has 1 aromatic heterocycles. The van der Waals surface area contributed by atoms with Gasteiger partial charge in [0.1, 0.15) is 0 Å². The molecule has 1 N–H and O–H groups in total. The quantitative estimate of drug-likeness (QED) is 0.638. The summed E-state index contributed by atoms with van der Waals surface area (Å²) in [4.78, 5) is 40.8. The maximum absolute atomic E-state index is 12.9. The molecule has 8 heteroatoms. The van der Waals surface area contributed by atoms with Crippen LogP contribution in [0.4, 0.5) is 0 Å². The van der Waals surface area contributed by atoms with E-state index in [2.05, 4.69) is 10.2 Å². The van der Waals surface area contributed by atoms with Gasteiger partial charge in [-0.05, 0) is 24.3 Å². The first-order chi connectivity index (χ1) is 15.0. The number of amides is 3. The smallest absolute Gasteiger partial charge is 0.261 e. The van der Waals surface area contributed by atoms with Crippen LogP contribution in [-0.4, -0.2) is 50.8 Å². The SMILES string of the molecule is O=C(CCN1C(=O)c2ccccc2C1=O)N1CCc2[nH]nc(-c3ccc(Cl)cc3)c2C1. The van der Waals surface area contributed by atoms with E-state index < -0.39 is 0 Å². The average Bonchev–Trinajstić information content (AvgIpc) is 3.32. The normalized spacial score (nSPS) is 15.3. The minimum absolute atomic E-state index is 0.0734. The van der Waals surface area contributed by atoms with Gasteiger partial charge in [0.2, 0.25) is 5.91 Å². The van der Waals surface area contributed by atoms with E-state index in [4.69, 9.17) is 11.6 Å². The molecule has 3 aromatic rings. The van der Waals surface area contributed by atoms with Crippen LogP contribution < -0.4 is 0 Å². The number of carbonyl (C=O) groups is 3. The number of fused-ring (bicyclic) bond motifs is 2. The van der Waals surface area contributed by atoms with Crippen LogP contribution >= 0.6 is 11.6 Å². The molecule has 0 bridgehead atoms. The number of imide groups is 1. The molecule has 0 fully saturated rings. The van der Waals surface area contributed by atoms with E-state index in [0.29, 0.717) is 35.7 Å². The van der Waals surface area contributed by atoms with Gasteiger partial charge >= 0.3 is 0 Å². The molecular formula is C23H19ClN4O3. The lowest BCUT2D eigenvalue weighted by molar-refractivity contribution is -0.132. The molecule has 2 aliphatic rings.